The average molecular weight is 387 g/mol. The molecule has 1 unspecified atom stereocenters. The molecule has 0 aromatic carbocycles. The van der Waals surface area contributed by atoms with Gasteiger partial charge in [-0.05, 0) is 6.08 Å². The largest absolute Gasteiger partial charge is 0.488 e. The van der Waals surface area contributed by atoms with Crippen molar-refractivity contribution < 1.29 is 22.7 Å². The SMILES string of the molecule is CC1C(OC2COC2)=C(Cl)C(C(=O)c2c[nH]n(C)c2=O)=CC1=S(=O)=O. The molecule has 2 heterocycles. The molecule has 1 N–H and O–H groups in total. The molecule has 3 rings (SSSR count). The summed E-state index contributed by atoms with van der Waals surface area (Å²) in [6, 6.07) is 0. The minimum Gasteiger partial charge on any atom is -0.488 e. The van der Waals surface area contributed by atoms with E-state index in [1.54, 1.807) is 6.92 Å². The average Bonchev–Trinajstić information content (AvgIpc) is 2.84. The van der Waals surface area contributed by atoms with E-state index < -0.39 is 27.6 Å². The number of halogens is 1. The van der Waals surface area contributed by atoms with Crippen LogP contribution in [0.1, 0.15) is 17.3 Å². The zero-order chi connectivity index (χ0) is 18.3. The number of aromatic nitrogens is 2. The molecule has 1 aromatic heterocycles. The van der Waals surface area contributed by atoms with E-state index in [0.29, 0.717) is 13.2 Å². The fraction of sp³-hybridized carbons (Fsp3) is 0.400. The first-order valence-corrected chi connectivity index (χ1v) is 8.88. The first-order chi connectivity index (χ1) is 11.8. The van der Waals surface area contributed by atoms with Gasteiger partial charge in [-0.2, -0.15) is 8.42 Å². The molecule has 25 heavy (non-hydrogen) atoms. The molecule has 0 saturated carbocycles. The van der Waals surface area contributed by atoms with E-state index in [2.05, 4.69) is 5.10 Å². The third-order valence-corrected chi connectivity index (χ3v) is 5.33. The zero-order valence-electron chi connectivity index (χ0n) is 13.4. The van der Waals surface area contributed by atoms with Gasteiger partial charge in [0.1, 0.15) is 17.4 Å². The van der Waals surface area contributed by atoms with E-state index in [1.165, 1.54) is 19.3 Å². The first-order valence-electron chi connectivity index (χ1n) is 7.42. The van der Waals surface area contributed by atoms with Crippen molar-refractivity contribution in [2.45, 2.75) is 13.0 Å². The Hall–Kier alpha value is -2.10. The Kier molecular flexibility index (Phi) is 4.72. The van der Waals surface area contributed by atoms with Crippen LogP contribution in [0.5, 0.6) is 0 Å². The van der Waals surface area contributed by atoms with Crippen LogP contribution >= 0.6 is 11.6 Å². The number of Topliss-reactive ketones (excluding diaryl/α,β-unsaturated/α-hetero) is 1. The van der Waals surface area contributed by atoms with Crippen molar-refractivity contribution in [3.05, 3.63) is 44.6 Å². The topological polar surface area (TPSA) is 107 Å². The molecular formula is C15H15ClN2O6S. The molecule has 2 aliphatic rings. The lowest BCUT2D eigenvalue weighted by atomic mass is 9.92. The number of hydrogen-bond acceptors (Lipinski definition) is 6. The van der Waals surface area contributed by atoms with Gasteiger partial charge in [0.15, 0.2) is 0 Å². The minimum absolute atomic E-state index is 0.00172. The zero-order valence-corrected chi connectivity index (χ0v) is 15.0. The predicted octanol–water partition coefficient (Wildman–Crippen LogP) is 0.390. The molecule has 0 radical (unpaired) electrons. The number of ketones is 1. The fourth-order valence-corrected chi connectivity index (χ4v) is 3.48. The van der Waals surface area contributed by atoms with Gasteiger partial charge in [0.05, 0.1) is 29.0 Å². The van der Waals surface area contributed by atoms with Gasteiger partial charge in [-0.1, -0.05) is 18.5 Å². The first kappa shape index (κ1) is 17.7. The van der Waals surface area contributed by atoms with Gasteiger partial charge < -0.3 is 14.6 Å². The highest BCUT2D eigenvalue weighted by atomic mass is 35.5. The Morgan fingerprint density at radius 2 is 2.12 bits per heavy atom. The van der Waals surface area contributed by atoms with Crippen LogP contribution in [0.3, 0.4) is 0 Å². The molecule has 1 saturated heterocycles. The Bertz CT molecular complexity index is 985. The van der Waals surface area contributed by atoms with Crippen LogP contribution in [0.2, 0.25) is 0 Å². The van der Waals surface area contributed by atoms with Crippen molar-refractivity contribution in [2.75, 3.05) is 13.2 Å². The summed E-state index contributed by atoms with van der Waals surface area (Å²) in [6.45, 7) is 2.35. The molecule has 8 nitrogen and oxygen atoms in total. The maximum absolute atomic E-state index is 12.7. The summed E-state index contributed by atoms with van der Waals surface area (Å²) in [7, 11) is -1.11. The fourth-order valence-electron chi connectivity index (χ4n) is 2.53. The summed E-state index contributed by atoms with van der Waals surface area (Å²) in [5.74, 6) is -1.13. The van der Waals surface area contributed by atoms with Crippen LogP contribution in [0.25, 0.3) is 0 Å². The number of carbonyl (C=O) groups excluding carboxylic acids is 1. The van der Waals surface area contributed by atoms with Gasteiger partial charge in [0.25, 0.3) is 5.56 Å². The molecule has 10 heteroatoms. The van der Waals surface area contributed by atoms with Gasteiger partial charge in [0.2, 0.25) is 16.1 Å². The number of aromatic amines is 1. The second-order valence-electron chi connectivity index (χ2n) is 5.75. The molecule has 1 aliphatic heterocycles. The third-order valence-electron chi connectivity index (χ3n) is 4.08. The molecule has 1 aromatic rings. The highest BCUT2D eigenvalue weighted by Crippen LogP contribution is 2.34. The van der Waals surface area contributed by atoms with Gasteiger partial charge in [0, 0.05) is 18.8 Å². The predicted molar refractivity (Wildman–Crippen MR) is 90.1 cm³/mol. The number of rotatable bonds is 4. The van der Waals surface area contributed by atoms with Crippen molar-refractivity contribution in [3.63, 3.8) is 0 Å². The second-order valence-corrected chi connectivity index (χ2v) is 7.07. The molecule has 0 bridgehead atoms. The number of ether oxygens (including phenoxy) is 2. The Balaban J connectivity index is 2.10. The molecule has 0 spiro atoms. The van der Waals surface area contributed by atoms with Crippen LogP contribution < -0.4 is 5.56 Å². The van der Waals surface area contributed by atoms with Crippen LogP contribution in [-0.4, -0.2) is 48.2 Å². The van der Waals surface area contributed by atoms with Crippen LogP contribution in [0, 0.1) is 5.92 Å². The van der Waals surface area contributed by atoms with Crippen LogP contribution in [-0.2, 0) is 26.8 Å². The van der Waals surface area contributed by atoms with Gasteiger partial charge in [-0.25, -0.2) is 0 Å². The number of aryl methyl sites for hydroxylation is 1. The molecule has 1 atom stereocenters. The van der Waals surface area contributed by atoms with E-state index in [4.69, 9.17) is 21.1 Å². The standard InChI is InChI=1S/C15H15ClN2O6S/c1-7-11(25(21)22)3-9(12(16)14(7)24-8-5-23-6-8)13(19)10-4-17-18(2)15(10)20/h3-4,7-8,17H,5-6H2,1-2H3. The van der Waals surface area contributed by atoms with E-state index in [-0.39, 0.29) is 32.9 Å². The number of carbonyl (C=O) groups is 1. The van der Waals surface area contributed by atoms with Crippen molar-refractivity contribution >= 4 is 32.5 Å². The third kappa shape index (κ3) is 3.10. The van der Waals surface area contributed by atoms with E-state index in [9.17, 15) is 18.0 Å². The highest BCUT2D eigenvalue weighted by Gasteiger charge is 2.34. The lowest BCUT2D eigenvalue weighted by molar-refractivity contribution is -0.111. The number of H-pyrrole nitrogens is 1. The Morgan fingerprint density at radius 3 is 2.60 bits per heavy atom. The lowest BCUT2D eigenvalue weighted by Gasteiger charge is -2.32. The molecular weight excluding hydrogens is 372 g/mol. The van der Waals surface area contributed by atoms with Crippen molar-refractivity contribution in [3.8, 4) is 0 Å². The maximum atomic E-state index is 12.7. The monoisotopic (exact) mass is 386 g/mol. The van der Waals surface area contributed by atoms with Gasteiger partial charge >= 0.3 is 0 Å². The van der Waals surface area contributed by atoms with Crippen molar-refractivity contribution in [2.24, 2.45) is 13.0 Å². The van der Waals surface area contributed by atoms with E-state index >= 15 is 0 Å². The van der Waals surface area contributed by atoms with Gasteiger partial charge in [-0.15, -0.1) is 0 Å². The Labute approximate surface area is 149 Å². The molecule has 0 amide bonds. The smallest absolute Gasteiger partial charge is 0.277 e. The molecule has 134 valence electrons. The summed E-state index contributed by atoms with van der Waals surface area (Å²) >= 11 is 6.33. The van der Waals surface area contributed by atoms with Crippen molar-refractivity contribution in [1.29, 1.82) is 0 Å². The normalized spacial score (nSPS) is 21.0. The summed E-state index contributed by atoms with van der Waals surface area (Å²) < 4.78 is 35.0. The van der Waals surface area contributed by atoms with Gasteiger partial charge in [-0.3, -0.25) is 14.3 Å². The van der Waals surface area contributed by atoms with Crippen LogP contribution in [0.4, 0.5) is 0 Å². The quantitative estimate of drug-likeness (QED) is 0.592. The van der Waals surface area contributed by atoms with E-state index in [1.807, 2.05) is 0 Å². The number of allylic oxidation sites excluding steroid dienone is 4. The molecule has 1 aliphatic carbocycles. The lowest BCUT2D eigenvalue weighted by Crippen LogP contribution is -2.38. The number of nitrogens with one attached hydrogen (secondary N) is 1. The number of hydrogen-bond donors (Lipinski definition) is 1. The Morgan fingerprint density at radius 1 is 1.44 bits per heavy atom. The summed E-state index contributed by atoms with van der Waals surface area (Å²) in [6.07, 6.45) is 2.19. The highest BCUT2D eigenvalue weighted by molar-refractivity contribution is 7.73. The van der Waals surface area contributed by atoms with Crippen molar-refractivity contribution in [1.82, 2.24) is 9.78 Å². The van der Waals surface area contributed by atoms with Crippen LogP contribution in [0.15, 0.2) is 33.4 Å². The second kappa shape index (κ2) is 6.66. The summed E-state index contributed by atoms with van der Waals surface area (Å²) in [5, 5.41) is 2.60. The maximum Gasteiger partial charge on any atom is 0.277 e. The molecule has 1 fully saturated rings. The minimum atomic E-state index is -2.57. The number of nitrogens with zero attached hydrogens (tertiary/aromatic N) is 1. The summed E-state index contributed by atoms with van der Waals surface area (Å²) in [5.41, 5.74) is -0.761. The van der Waals surface area contributed by atoms with E-state index in [0.717, 1.165) is 4.68 Å². The summed E-state index contributed by atoms with van der Waals surface area (Å²) in [4.78, 5) is 24.7.